The summed E-state index contributed by atoms with van der Waals surface area (Å²) in [5.74, 6) is -0.539. The van der Waals surface area contributed by atoms with Crippen molar-refractivity contribution in [3.05, 3.63) is 76.8 Å². The lowest BCUT2D eigenvalue weighted by Crippen LogP contribution is -2.35. The largest absolute Gasteiger partial charge is 0.497 e. The van der Waals surface area contributed by atoms with E-state index in [0.717, 1.165) is 14.3 Å². The number of sulfonamides is 1. The normalized spacial score (nSPS) is 11.7. The Kier molecular flexibility index (Phi) is 6.90. The van der Waals surface area contributed by atoms with Gasteiger partial charge in [0.25, 0.3) is 15.9 Å². The van der Waals surface area contributed by atoms with Gasteiger partial charge in [0.15, 0.2) is 5.69 Å². The minimum atomic E-state index is -4.10. The maximum atomic E-state index is 13.5. The Morgan fingerprint density at radius 2 is 1.77 bits per heavy atom. The molecular weight excluding hydrogens is 536 g/mol. The fourth-order valence-corrected chi connectivity index (χ4v) is 5.17. The predicted octanol–water partition coefficient (Wildman–Crippen LogP) is 5.46. The molecule has 2 N–H and O–H groups in total. The molecule has 0 saturated heterocycles. The number of aromatic amines is 1. The van der Waals surface area contributed by atoms with Gasteiger partial charge in [-0.05, 0) is 61.5 Å². The fourth-order valence-electron chi connectivity index (χ4n) is 3.40. The minimum absolute atomic E-state index is 0.0304. The number of methoxy groups -OCH3 is 1. The van der Waals surface area contributed by atoms with E-state index in [0.29, 0.717) is 16.7 Å². The molecule has 3 aromatic carbocycles. The summed E-state index contributed by atoms with van der Waals surface area (Å²) in [6, 6.07) is 17.8. The monoisotopic (exact) mass is 556 g/mol. The van der Waals surface area contributed by atoms with E-state index >= 15 is 0 Å². The van der Waals surface area contributed by atoms with Gasteiger partial charge in [0.2, 0.25) is 5.88 Å². The molecule has 0 fully saturated rings. The molecular formula is C24H21BrN4O5S. The van der Waals surface area contributed by atoms with E-state index in [1.165, 1.54) is 31.4 Å². The van der Waals surface area contributed by atoms with Gasteiger partial charge in [0.1, 0.15) is 12.3 Å². The summed E-state index contributed by atoms with van der Waals surface area (Å²) >= 11 is 3.36. The van der Waals surface area contributed by atoms with Crippen molar-refractivity contribution in [3.63, 3.8) is 0 Å². The average molecular weight is 557 g/mol. The number of rotatable bonds is 7. The molecule has 0 bridgehead atoms. The van der Waals surface area contributed by atoms with Crippen LogP contribution in [0.4, 0.5) is 11.4 Å². The number of aryl methyl sites for hydroxylation is 1. The lowest BCUT2D eigenvalue weighted by molar-refractivity contribution is -0.116. The number of azo groups is 1. The Morgan fingerprint density at radius 3 is 2.43 bits per heavy atom. The Hall–Kier alpha value is -3.70. The van der Waals surface area contributed by atoms with Gasteiger partial charge in [-0.2, -0.15) is 0 Å². The number of nitrogens with zero attached hydrogens (tertiary/aromatic N) is 3. The molecule has 0 atom stereocenters. The molecule has 0 aliphatic rings. The first-order chi connectivity index (χ1) is 16.7. The highest BCUT2D eigenvalue weighted by Gasteiger charge is 2.27. The van der Waals surface area contributed by atoms with Crippen LogP contribution >= 0.6 is 15.9 Å². The fraction of sp³-hybridized carbons (Fsp3) is 0.125. The maximum absolute atomic E-state index is 13.5. The molecule has 0 aliphatic carbocycles. The van der Waals surface area contributed by atoms with E-state index in [-0.39, 0.29) is 22.2 Å². The zero-order valence-electron chi connectivity index (χ0n) is 18.8. The molecule has 0 saturated carbocycles. The molecule has 1 amide bonds. The van der Waals surface area contributed by atoms with Gasteiger partial charge in [0, 0.05) is 9.86 Å². The lowest BCUT2D eigenvalue weighted by atomic mass is 10.2. The van der Waals surface area contributed by atoms with Gasteiger partial charge in [-0.25, -0.2) is 8.42 Å². The molecule has 1 aromatic heterocycles. The standard InChI is InChI=1S/C24H21BrN4O5S/c1-15-3-10-19(11-4-15)35(32,33)29(17-6-8-18(34-2)9-7-17)14-22(30)27-28-23-20-13-16(25)5-12-21(20)26-24(23)31/h3-13,26,31H,14H2,1-2H3. The molecule has 9 nitrogen and oxygen atoms in total. The first-order valence-electron chi connectivity index (χ1n) is 10.4. The number of nitrogens with one attached hydrogen (secondary N) is 1. The number of carbonyl (C=O) groups excluding carboxylic acids is 1. The van der Waals surface area contributed by atoms with Gasteiger partial charge in [-0.15, -0.1) is 10.2 Å². The van der Waals surface area contributed by atoms with Gasteiger partial charge < -0.3 is 14.8 Å². The number of aromatic hydroxyl groups is 1. The first-order valence-corrected chi connectivity index (χ1v) is 12.6. The van der Waals surface area contributed by atoms with E-state index in [9.17, 15) is 18.3 Å². The summed E-state index contributed by atoms with van der Waals surface area (Å²) in [5, 5.41) is 18.3. The van der Waals surface area contributed by atoms with Crippen LogP contribution < -0.4 is 9.04 Å². The third-order valence-corrected chi connectivity index (χ3v) is 7.51. The van der Waals surface area contributed by atoms with Crippen LogP contribution in [0.2, 0.25) is 0 Å². The maximum Gasteiger partial charge on any atom is 0.285 e. The first kappa shape index (κ1) is 24.4. The average Bonchev–Trinajstić information content (AvgIpc) is 3.15. The van der Waals surface area contributed by atoms with E-state index in [2.05, 4.69) is 31.1 Å². The number of halogens is 1. The summed E-state index contributed by atoms with van der Waals surface area (Å²) in [4.78, 5) is 15.6. The third kappa shape index (κ3) is 5.20. The van der Waals surface area contributed by atoms with Crippen LogP contribution in [-0.4, -0.2) is 38.1 Å². The Balaban J connectivity index is 1.68. The topological polar surface area (TPSA) is 124 Å². The molecule has 35 heavy (non-hydrogen) atoms. The highest BCUT2D eigenvalue weighted by Crippen LogP contribution is 2.37. The summed E-state index contributed by atoms with van der Waals surface area (Å²) in [7, 11) is -2.60. The Bertz CT molecular complexity index is 1510. The molecule has 4 rings (SSSR count). The van der Waals surface area contributed by atoms with Crippen LogP contribution in [0.3, 0.4) is 0 Å². The molecule has 0 aliphatic heterocycles. The number of ether oxygens (including phenoxy) is 1. The van der Waals surface area contributed by atoms with Gasteiger partial charge in [-0.1, -0.05) is 33.6 Å². The van der Waals surface area contributed by atoms with Crippen LogP contribution in [0.25, 0.3) is 10.9 Å². The molecule has 1 heterocycles. The SMILES string of the molecule is COc1ccc(N(CC(=O)N=Nc2c(O)[nH]c3ccc(Br)cc23)S(=O)(=O)c2ccc(C)cc2)cc1. The number of anilines is 1. The molecule has 4 aromatic rings. The van der Waals surface area contributed by atoms with Crippen molar-refractivity contribution in [2.75, 3.05) is 18.0 Å². The lowest BCUT2D eigenvalue weighted by Gasteiger charge is -2.23. The number of fused-ring (bicyclic) bond motifs is 1. The highest BCUT2D eigenvalue weighted by atomic mass is 79.9. The van der Waals surface area contributed by atoms with E-state index in [1.807, 2.05) is 6.92 Å². The van der Waals surface area contributed by atoms with Crippen molar-refractivity contribution >= 4 is 54.1 Å². The number of hydrogen-bond donors (Lipinski definition) is 2. The minimum Gasteiger partial charge on any atom is -0.497 e. The van der Waals surface area contributed by atoms with Crippen LogP contribution in [0.15, 0.2) is 86.3 Å². The number of hydrogen-bond acceptors (Lipinski definition) is 6. The highest BCUT2D eigenvalue weighted by molar-refractivity contribution is 9.10. The number of aromatic nitrogens is 1. The summed E-state index contributed by atoms with van der Waals surface area (Å²) in [6.45, 7) is 1.25. The smallest absolute Gasteiger partial charge is 0.285 e. The van der Waals surface area contributed by atoms with Crippen molar-refractivity contribution in [2.45, 2.75) is 11.8 Å². The predicted molar refractivity (Wildman–Crippen MR) is 136 cm³/mol. The zero-order valence-corrected chi connectivity index (χ0v) is 21.2. The number of carbonyl (C=O) groups is 1. The van der Waals surface area contributed by atoms with E-state index in [4.69, 9.17) is 4.74 Å². The molecule has 11 heteroatoms. The molecule has 0 spiro atoms. The molecule has 0 unspecified atom stereocenters. The Morgan fingerprint density at radius 1 is 1.09 bits per heavy atom. The van der Waals surface area contributed by atoms with Crippen molar-refractivity contribution in [1.29, 1.82) is 0 Å². The van der Waals surface area contributed by atoms with Gasteiger partial charge in [0.05, 0.1) is 23.2 Å². The van der Waals surface area contributed by atoms with Gasteiger partial charge >= 0.3 is 0 Å². The van der Waals surface area contributed by atoms with Crippen LogP contribution in [0, 0.1) is 6.92 Å². The number of benzene rings is 3. The summed E-state index contributed by atoms with van der Waals surface area (Å²) in [6.07, 6.45) is 0. The third-order valence-electron chi connectivity index (χ3n) is 5.22. The second-order valence-electron chi connectivity index (χ2n) is 7.63. The van der Waals surface area contributed by atoms with E-state index < -0.39 is 22.5 Å². The van der Waals surface area contributed by atoms with Crippen molar-refractivity contribution in [1.82, 2.24) is 4.98 Å². The second kappa shape index (κ2) is 9.88. The summed E-state index contributed by atoms with van der Waals surface area (Å²) in [5.41, 5.74) is 1.84. The second-order valence-corrected chi connectivity index (χ2v) is 10.4. The van der Waals surface area contributed by atoms with Crippen molar-refractivity contribution < 1.29 is 23.1 Å². The zero-order chi connectivity index (χ0) is 25.2. The van der Waals surface area contributed by atoms with Crippen molar-refractivity contribution in [3.8, 4) is 11.6 Å². The van der Waals surface area contributed by atoms with Crippen LogP contribution in [-0.2, 0) is 14.8 Å². The van der Waals surface area contributed by atoms with Crippen LogP contribution in [0.5, 0.6) is 11.6 Å². The number of amides is 1. The quantitative estimate of drug-likeness (QED) is 0.292. The summed E-state index contributed by atoms with van der Waals surface area (Å²) < 4.78 is 33.8. The molecule has 180 valence electrons. The van der Waals surface area contributed by atoms with Crippen molar-refractivity contribution in [2.24, 2.45) is 10.2 Å². The van der Waals surface area contributed by atoms with Crippen LogP contribution in [0.1, 0.15) is 5.56 Å². The van der Waals surface area contributed by atoms with E-state index in [1.54, 1.807) is 42.5 Å². The Labute approximate surface area is 210 Å². The molecule has 0 radical (unpaired) electrons. The van der Waals surface area contributed by atoms with Gasteiger partial charge in [-0.3, -0.25) is 9.10 Å². The number of H-pyrrole nitrogens is 1.